The molecule has 1 atom stereocenters. The van der Waals surface area contributed by atoms with Gasteiger partial charge in [0.1, 0.15) is 5.75 Å². The van der Waals surface area contributed by atoms with Gasteiger partial charge in [-0.15, -0.1) is 6.58 Å². The van der Waals surface area contributed by atoms with Crippen LogP contribution in [-0.2, 0) is 6.42 Å². The van der Waals surface area contributed by atoms with Crippen LogP contribution in [0.25, 0.3) is 0 Å². The largest absolute Gasteiger partial charge is 0.508 e. The number of hydrogen-bond donors (Lipinski definition) is 1. The van der Waals surface area contributed by atoms with Crippen LogP contribution < -0.4 is 0 Å². The lowest BCUT2D eigenvalue weighted by molar-refractivity contribution is 0.0903. The molecule has 1 aromatic rings. The van der Waals surface area contributed by atoms with Crippen LogP contribution in [-0.4, -0.2) is 10.9 Å². The van der Waals surface area contributed by atoms with Crippen molar-refractivity contribution in [1.29, 1.82) is 0 Å². The molecule has 2 rings (SSSR count). The first kappa shape index (κ1) is 9.97. The van der Waals surface area contributed by atoms with Gasteiger partial charge in [0.15, 0.2) is 5.78 Å². The van der Waals surface area contributed by atoms with E-state index in [-0.39, 0.29) is 17.5 Å². The maximum absolute atomic E-state index is 12.0. The van der Waals surface area contributed by atoms with Gasteiger partial charge in [-0.3, -0.25) is 4.79 Å². The minimum Gasteiger partial charge on any atom is -0.508 e. The Morgan fingerprint density at radius 3 is 3.07 bits per heavy atom. The van der Waals surface area contributed by atoms with E-state index in [0.29, 0.717) is 0 Å². The van der Waals surface area contributed by atoms with Crippen molar-refractivity contribution in [2.75, 3.05) is 0 Å². The van der Waals surface area contributed by atoms with E-state index in [0.717, 1.165) is 30.4 Å². The van der Waals surface area contributed by atoms with Crippen molar-refractivity contribution in [2.45, 2.75) is 19.3 Å². The summed E-state index contributed by atoms with van der Waals surface area (Å²) in [6.07, 6.45) is 4.28. The molecule has 0 heterocycles. The smallest absolute Gasteiger partial charge is 0.166 e. The maximum Gasteiger partial charge on any atom is 0.166 e. The number of benzene rings is 1. The number of hydrogen-bond acceptors (Lipinski definition) is 2. The molecule has 1 aliphatic rings. The average molecular weight is 202 g/mol. The zero-order chi connectivity index (χ0) is 10.8. The fraction of sp³-hybridized carbons (Fsp3) is 0.308. The van der Waals surface area contributed by atoms with E-state index >= 15 is 0 Å². The molecule has 2 heteroatoms. The van der Waals surface area contributed by atoms with E-state index in [1.54, 1.807) is 24.3 Å². The zero-order valence-corrected chi connectivity index (χ0v) is 8.57. The van der Waals surface area contributed by atoms with Gasteiger partial charge in [0, 0.05) is 11.5 Å². The number of fused-ring (bicyclic) bond motifs is 1. The summed E-state index contributed by atoms with van der Waals surface area (Å²) in [5.74, 6) is 0.513. The first-order valence-corrected chi connectivity index (χ1v) is 5.19. The van der Waals surface area contributed by atoms with Crippen LogP contribution in [0.5, 0.6) is 5.75 Å². The van der Waals surface area contributed by atoms with Crippen LogP contribution in [0.2, 0.25) is 0 Å². The van der Waals surface area contributed by atoms with Crippen molar-refractivity contribution in [1.82, 2.24) is 0 Å². The highest BCUT2D eigenvalue weighted by Crippen LogP contribution is 2.29. The lowest BCUT2D eigenvalue weighted by Gasteiger charge is -2.22. The highest BCUT2D eigenvalue weighted by Gasteiger charge is 2.26. The monoisotopic (exact) mass is 202 g/mol. The average Bonchev–Trinajstić information content (AvgIpc) is 2.22. The second-order valence-electron chi connectivity index (χ2n) is 3.97. The van der Waals surface area contributed by atoms with E-state index in [1.807, 2.05) is 0 Å². The normalized spacial score (nSPS) is 19.7. The molecule has 1 unspecified atom stereocenters. The summed E-state index contributed by atoms with van der Waals surface area (Å²) < 4.78 is 0. The highest BCUT2D eigenvalue weighted by molar-refractivity contribution is 6.00. The fourth-order valence-corrected chi connectivity index (χ4v) is 2.13. The molecule has 1 aliphatic carbocycles. The fourth-order valence-electron chi connectivity index (χ4n) is 2.13. The number of allylic oxidation sites excluding steroid dienone is 1. The molecular formula is C13H14O2. The van der Waals surface area contributed by atoms with Crippen LogP contribution in [0.1, 0.15) is 28.8 Å². The highest BCUT2D eigenvalue weighted by atomic mass is 16.3. The predicted molar refractivity (Wildman–Crippen MR) is 59.1 cm³/mol. The predicted octanol–water partition coefficient (Wildman–Crippen LogP) is 2.71. The summed E-state index contributed by atoms with van der Waals surface area (Å²) >= 11 is 0. The molecule has 0 radical (unpaired) electrons. The molecule has 0 spiro atoms. The third kappa shape index (κ3) is 1.80. The molecule has 1 aromatic carbocycles. The summed E-state index contributed by atoms with van der Waals surface area (Å²) in [5, 5.41) is 9.32. The van der Waals surface area contributed by atoms with E-state index in [4.69, 9.17) is 0 Å². The van der Waals surface area contributed by atoms with E-state index in [2.05, 4.69) is 6.58 Å². The number of ketones is 1. The number of carbonyl (C=O) groups excluding carboxylic acids is 1. The van der Waals surface area contributed by atoms with Gasteiger partial charge in [-0.05, 0) is 43.0 Å². The van der Waals surface area contributed by atoms with Gasteiger partial charge in [-0.25, -0.2) is 0 Å². The minimum atomic E-state index is 0.0829. The van der Waals surface area contributed by atoms with Crippen molar-refractivity contribution in [3.63, 3.8) is 0 Å². The summed E-state index contributed by atoms with van der Waals surface area (Å²) in [7, 11) is 0. The Kier molecular flexibility index (Phi) is 2.58. The molecule has 0 saturated heterocycles. The van der Waals surface area contributed by atoms with Gasteiger partial charge in [-0.2, -0.15) is 0 Å². The van der Waals surface area contributed by atoms with Crippen LogP contribution >= 0.6 is 0 Å². The number of aryl methyl sites for hydroxylation is 1. The number of phenols is 1. The van der Waals surface area contributed by atoms with Crippen molar-refractivity contribution in [3.8, 4) is 5.75 Å². The molecule has 0 amide bonds. The van der Waals surface area contributed by atoms with Crippen molar-refractivity contribution in [3.05, 3.63) is 42.0 Å². The second kappa shape index (κ2) is 3.89. The number of phenolic OH excluding ortho intramolecular Hbond substituents is 1. The van der Waals surface area contributed by atoms with Gasteiger partial charge in [0.2, 0.25) is 0 Å². The Morgan fingerprint density at radius 1 is 1.53 bits per heavy atom. The Labute approximate surface area is 89.2 Å². The van der Waals surface area contributed by atoms with Crippen LogP contribution in [0.3, 0.4) is 0 Å². The quantitative estimate of drug-likeness (QED) is 0.749. The summed E-state index contributed by atoms with van der Waals surface area (Å²) in [4.78, 5) is 12.0. The third-order valence-corrected chi connectivity index (χ3v) is 2.94. The molecule has 0 bridgehead atoms. The van der Waals surface area contributed by atoms with Crippen molar-refractivity contribution in [2.24, 2.45) is 5.92 Å². The van der Waals surface area contributed by atoms with Gasteiger partial charge < -0.3 is 5.11 Å². The first-order valence-electron chi connectivity index (χ1n) is 5.19. The summed E-state index contributed by atoms with van der Waals surface area (Å²) in [5.41, 5.74) is 1.74. The Morgan fingerprint density at radius 2 is 2.33 bits per heavy atom. The van der Waals surface area contributed by atoms with E-state index in [1.165, 1.54) is 0 Å². The molecule has 15 heavy (non-hydrogen) atoms. The van der Waals surface area contributed by atoms with Gasteiger partial charge >= 0.3 is 0 Å². The molecule has 2 nitrogen and oxygen atoms in total. The van der Waals surface area contributed by atoms with Crippen LogP contribution in [0.15, 0.2) is 30.9 Å². The minimum absolute atomic E-state index is 0.0829. The van der Waals surface area contributed by atoms with Crippen molar-refractivity contribution < 1.29 is 9.90 Å². The number of Topliss-reactive ketones (excluding diaryl/α,β-unsaturated/α-hetero) is 1. The van der Waals surface area contributed by atoms with Crippen molar-refractivity contribution >= 4 is 5.78 Å². The molecular weight excluding hydrogens is 188 g/mol. The lowest BCUT2D eigenvalue weighted by atomic mass is 9.81. The lowest BCUT2D eigenvalue weighted by Crippen LogP contribution is -2.21. The molecule has 1 N–H and O–H groups in total. The molecule has 0 aromatic heterocycles. The first-order chi connectivity index (χ1) is 7.22. The zero-order valence-electron chi connectivity index (χ0n) is 8.57. The Hall–Kier alpha value is -1.57. The Balaban J connectivity index is 2.34. The van der Waals surface area contributed by atoms with Crippen LogP contribution in [0.4, 0.5) is 0 Å². The van der Waals surface area contributed by atoms with Gasteiger partial charge in [0.25, 0.3) is 0 Å². The van der Waals surface area contributed by atoms with Gasteiger partial charge in [0.05, 0.1) is 0 Å². The Bertz CT molecular complexity index is 407. The van der Waals surface area contributed by atoms with E-state index < -0.39 is 0 Å². The molecule has 0 fully saturated rings. The summed E-state index contributed by atoms with van der Waals surface area (Å²) in [6, 6.07) is 4.99. The third-order valence-electron chi connectivity index (χ3n) is 2.94. The molecule has 0 saturated carbocycles. The second-order valence-corrected chi connectivity index (χ2v) is 3.97. The number of aromatic hydroxyl groups is 1. The van der Waals surface area contributed by atoms with Gasteiger partial charge in [-0.1, -0.05) is 6.08 Å². The number of rotatable bonds is 2. The van der Waals surface area contributed by atoms with Crippen LogP contribution in [0, 0.1) is 5.92 Å². The molecule has 78 valence electrons. The molecule has 0 aliphatic heterocycles. The topological polar surface area (TPSA) is 37.3 Å². The standard InChI is InChI=1S/C13H14O2/c1-2-3-9-4-5-10-8-11(14)6-7-12(10)13(9)15/h2,6-9,14H,1,3-5H2. The van der Waals surface area contributed by atoms with E-state index in [9.17, 15) is 9.90 Å². The maximum atomic E-state index is 12.0. The SMILES string of the molecule is C=CCC1CCc2cc(O)ccc2C1=O. The summed E-state index contributed by atoms with van der Waals surface area (Å²) in [6.45, 7) is 3.67. The number of carbonyl (C=O) groups is 1.